The van der Waals surface area contributed by atoms with Crippen LogP contribution >= 0.6 is 0 Å². The summed E-state index contributed by atoms with van der Waals surface area (Å²) in [6.07, 6.45) is 0.738. The van der Waals surface area contributed by atoms with Crippen LogP contribution in [0.3, 0.4) is 0 Å². The molecule has 1 aliphatic rings. The minimum Gasteiger partial charge on any atom is -0.480 e. The van der Waals surface area contributed by atoms with Crippen LogP contribution in [0.4, 0.5) is 0 Å². The highest BCUT2D eigenvalue weighted by Crippen LogP contribution is 2.47. The Hall–Kier alpha value is -1.59. The van der Waals surface area contributed by atoms with E-state index in [0.717, 1.165) is 0 Å². The maximum absolute atomic E-state index is 12.0. The fourth-order valence-corrected chi connectivity index (χ4v) is 1.58. The second kappa shape index (κ2) is 4.73. The minimum atomic E-state index is -1.26. The Balaban J connectivity index is 2.72. The highest BCUT2D eigenvalue weighted by atomic mass is 16.4. The lowest BCUT2D eigenvalue weighted by atomic mass is 10.1. The van der Waals surface area contributed by atoms with Gasteiger partial charge in [0.1, 0.15) is 5.41 Å². The van der Waals surface area contributed by atoms with E-state index in [1.54, 1.807) is 21.0 Å². The summed E-state index contributed by atoms with van der Waals surface area (Å²) in [6, 6.07) is 0. The molecule has 1 aliphatic carbocycles. The van der Waals surface area contributed by atoms with Crippen LogP contribution in [0, 0.1) is 5.41 Å². The summed E-state index contributed by atoms with van der Waals surface area (Å²) in [5.41, 5.74) is -1.26. The predicted molar refractivity (Wildman–Crippen MR) is 60.3 cm³/mol. The van der Waals surface area contributed by atoms with Crippen LogP contribution in [0.5, 0.6) is 0 Å². The zero-order valence-electron chi connectivity index (χ0n) is 10.4. The van der Waals surface area contributed by atoms with Gasteiger partial charge in [0.15, 0.2) is 0 Å². The van der Waals surface area contributed by atoms with Gasteiger partial charge in [-0.2, -0.15) is 0 Å². The molecule has 96 valence electrons. The smallest absolute Gasteiger partial charge is 0.319 e. The number of nitrogens with zero attached hydrogens (tertiary/aromatic N) is 2. The van der Waals surface area contributed by atoms with Crippen molar-refractivity contribution >= 4 is 17.8 Å². The molecular weight excluding hydrogens is 224 g/mol. The fraction of sp³-hybridized carbons (Fsp3) is 0.727. The van der Waals surface area contributed by atoms with E-state index in [0.29, 0.717) is 19.4 Å². The lowest BCUT2D eigenvalue weighted by Gasteiger charge is -2.25. The van der Waals surface area contributed by atoms with E-state index < -0.39 is 17.3 Å². The number of hydrogen-bond donors (Lipinski definition) is 1. The van der Waals surface area contributed by atoms with E-state index in [-0.39, 0.29) is 12.5 Å². The zero-order chi connectivity index (χ0) is 13.2. The zero-order valence-corrected chi connectivity index (χ0v) is 10.4. The van der Waals surface area contributed by atoms with Crippen molar-refractivity contribution in [1.29, 1.82) is 0 Å². The van der Waals surface area contributed by atoms with Gasteiger partial charge in [-0.1, -0.05) is 0 Å². The van der Waals surface area contributed by atoms with Crippen LogP contribution in [-0.2, 0) is 14.4 Å². The molecule has 1 fully saturated rings. The highest BCUT2D eigenvalue weighted by molar-refractivity contribution is 6.05. The van der Waals surface area contributed by atoms with Crippen molar-refractivity contribution in [2.45, 2.75) is 19.8 Å². The Kier molecular flexibility index (Phi) is 3.75. The van der Waals surface area contributed by atoms with Crippen molar-refractivity contribution in [2.24, 2.45) is 5.41 Å². The van der Waals surface area contributed by atoms with Crippen molar-refractivity contribution < 1.29 is 19.5 Å². The molecule has 0 atom stereocenters. The first-order valence-electron chi connectivity index (χ1n) is 5.58. The number of amides is 2. The molecule has 2 amide bonds. The molecule has 1 saturated carbocycles. The van der Waals surface area contributed by atoms with Crippen molar-refractivity contribution in [3.63, 3.8) is 0 Å². The van der Waals surface area contributed by atoms with E-state index in [2.05, 4.69) is 0 Å². The van der Waals surface area contributed by atoms with E-state index in [4.69, 9.17) is 5.11 Å². The van der Waals surface area contributed by atoms with Gasteiger partial charge in [0, 0.05) is 20.6 Å². The van der Waals surface area contributed by atoms with Crippen LogP contribution in [-0.4, -0.2) is 59.9 Å². The molecule has 0 heterocycles. The van der Waals surface area contributed by atoms with Crippen molar-refractivity contribution in [3.05, 3.63) is 0 Å². The maximum Gasteiger partial charge on any atom is 0.319 e. The van der Waals surface area contributed by atoms with Crippen LogP contribution < -0.4 is 0 Å². The third-order valence-corrected chi connectivity index (χ3v) is 3.06. The molecule has 6 heteroatoms. The van der Waals surface area contributed by atoms with E-state index >= 15 is 0 Å². The molecule has 0 unspecified atom stereocenters. The summed E-state index contributed by atoms with van der Waals surface area (Å²) < 4.78 is 0. The molecule has 17 heavy (non-hydrogen) atoms. The van der Waals surface area contributed by atoms with Gasteiger partial charge in [-0.05, 0) is 19.8 Å². The van der Waals surface area contributed by atoms with Crippen LogP contribution in [0.25, 0.3) is 0 Å². The number of rotatable bonds is 5. The molecule has 0 aliphatic heterocycles. The van der Waals surface area contributed by atoms with Gasteiger partial charge in [-0.3, -0.25) is 14.4 Å². The Labute approximate surface area is 100 Å². The molecule has 0 aromatic carbocycles. The second-order valence-electron chi connectivity index (χ2n) is 4.49. The Morgan fingerprint density at radius 2 is 1.76 bits per heavy atom. The van der Waals surface area contributed by atoms with Gasteiger partial charge in [-0.25, -0.2) is 0 Å². The monoisotopic (exact) mass is 242 g/mol. The van der Waals surface area contributed by atoms with Crippen molar-refractivity contribution in [1.82, 2.24) is 9.80 Å². The largest absolute Gasteiger partial charge is 0.480 e. The quantitative estimate of drug-likeness (QED) is 0.676. The van der Waals surface area contributed by atoms with E-state index in [9.17, 15) is 14.4 Å². The first-order chi connectivity index (χ1) is 7.85. The summed E-state index contributed by atoms with van der Waals surface area (Å²) in [5.74, 6) is -1.73. The molecule has 0 spiro atoms. The number of carboxylic acids is 1. The normalized spacial score (nSPS) is 16.2. The van der Waals surface area contributed by atoms with Gasteiger partial charge in [0.25, 0.3) is 0 Å². The lowest BCUT2D eigenvalue weighted by Crippen LogP contribution is -2.45. The second-order valence-corrected chi connectivity index (χ2v) is 4.49. The summed E-state index contributed by atoms with van der Waals surface area (Å²) >= 11 is 0. The Bertz CT molecular complexity index is 347. The first kappa shape index (κ1) is 13.5. The number of carbonyl (C=O) groups excluding carboxylic acids is 2. The lowest BCUT2D eigenvalue weighted by molar-refractivity contribution is -0.155. The van der Waals surface area contributed by atoms with Gasteiger partial charge in [-0.15, -0.1) is 0 Å². The number of carboxylic acid groups (broad SMARTS) is 1. The standard InChI is InChI=1S/C11H18N2O4/c1-4-13(7-8(14)12(2)3)9(15)11(5-6-11)10(16)17/h4-7H2,1-3H3,(H,16,17). The number of aliphatic carboxylic acids is 1. The van der Waals surface area contributed by atoms with Gasteiger partial charge in [0.05, 0.1) is 6.54 Å². The number of likely N-dealkylation sites (N-methyl/N-ethyl adjacent to an activating group) is 2. The van der Waals surface area contributed by atoms with Gasteiger partial charge in [0.2, 0.25) is 11.8 Å². The molecule has 1 rings (SSSR count). The Morgan fingerprint density at radius 3 is 2.06 bits per heavy atom. The minimum absolute atomic E-state index is 0.0582. The number of hydrogen-bond acceptors (Lipinski definition) is 3. The molecule has 0 aromatic rings. The molecule has 0 saturated heterocycles. The van der Waals surface area contributed by atoms with Crippen LogP contribution in [0.15, 0.2) is 0 Å². The van der Waals surface area contributed by atoms with E-state index in [1.807, 2.05) is 0 Å². The predicted octanol–water partition coefficient (Wildman–Crippen LogP) is -0.212. The SMILES string of the molecule is CCN(CC(=O)N(C)C)C(=O)C1(C(=O)O)CC1. The van der Waals surface area contributed by atoms with Crippen molar-refractivity contribution in [3.8, 4) is 0 Å². The maximum atomic E-state index is 12.0. The third-order valence-electron chi connectivity index (χ3n) is 3.06. The van der Waals surface area contributed by atoms with Crippen molar-refractivity contribution in [2.75, 3.05) is 27.2 Å². The molecular formula is C11H18N2O4. The third kappa shape index (κ3) is 2.57. The first-order valence-corrected chi connectivity index (χ1v) is 5.58. The average Bonchev–Trinajstić information content (AvgIpc) is 3.05. The molecule has 0 aromatic heterocycles. The Morgan fingerprint density at radius 1 is 1.24 bits per heavy atom. The fourth-order valence-electron chi connectivity index (χ4n) is 1.58. The highest BCUT2D eigenvalue weighted by Gasteiger charge is 2.58. The van der Waals surface area contributed by atoms with Crippen LogP contribution in [0.1, 0.15) is 19.8 Å². The molecule has 1 N–H and O–H groups in total. The number of carbonyl (C=O) groups is 3. The summed E-state index contributed by atoms with van der Waals surface area (Å²) in [7, 11) is 3.20. The van der Waals surface area contributed by atoms with E-state index in [1.165, 1.54) is 9.80 Å². The summed E-state index contributed by atoms with van der Waals surface area (Å²) in [4.78, 5) is 37.3. The van der Waals surface area contributed by atoms with Crippen LogP contribution in [0.2, 0.25) is 0 Å². The molecule has 0 radical (unpaired) electrons. The molecule has 6 nitrogen and oxygen atoms in total. The topological polar surface area (TPSA) is 77.9 Å². The summed E-state index contributed by atoms with van der Waals surface area (Å²) in [5, 5.41) is 9.02. The molecule has 0 bridgehead atoms. The average molecular weight is 242 g/mol. The van der Waals surface area contributed by atoms with Gasteiger partial charge < -0.3 is 14.9 Å². The van der Waals surface area contributed by atoms with Gasteiger partial charge >= 0.3 is 5.97 Å². The summed E-state index contributed by atoms with van der Waals surface area (Å²) in [6.45, 7) is 2.02.